The molecule has 1 fully saturated rings. The smallest absolute Gasteiger partial charge is 0.338 e. The lowest BCUT2D eigenvalue weighted by molar-refractivity contribution is -0.189. The number of carbonyl (C=O) groups excluding carboxylic acids is 3. The van der Waals surface area contributed by atoms with E-state index in [-0.39, 0.29) is 13.0 Å². The van der Waals surface area contributed by atoms with E-state index in [0.29, 0.717) is 16.7 Å². The lowest BCUT2D eigenvalue weighted by Gasteiger charge is -2.33. The molecule has 3 aromatic rings. The summed E-state index contributed by atoms with van der Waals surface area (Å²) in [5.41, 5.74) is -0.352. The van der Waals surface area contributed by atoms with Crippen LogP contribution in [0.25, 0.3) is 0 Å². The van der Waals surface area contributed by atoms with Crippen LogP contribution in [0.1, 0.15) is 44.4 Å². The molecule has 1 saturated heterocycles. The van der Waals surface area contributed by atoms with E-state index in [4.69, 9.17) is 23.7 Å². The maximum atomic E-state index is 13.1. The van der Waals surface area contributed by atoms with Crippen LogP contribution in [0.2, 0.25) is 0 Å². The van der Waals surface area contributed by atoms with Crippen molar-refractivity contribution in [1.82, 2.24) is 0 Å². The molecule has 0 amide bonds. The first kappa shape index (κ1) is 26.1. The van der Waals surface area contributed by atoms with Crippen LogP contribution in [0.15, 0.2) is 91.0 Å². The van der Waals surface area contributed by atoms with E-state index < -0.39 is 42.0 Å². The van der Waals surface area contributed by atoms with Gasteiger partial charge >= 0.3 is 17.9 Å². The van der Waals surface area contributed by atoms with Crippen LogP contribution in [0.4, 0.5) is 0 Å². The van der Waals surface area contributed by atoms with Gasteiger partial charge in [-0.2, -0.15) is 0 Å². The number of benzene rings is 3. The standard InChI is InChI=1S/C29H28O8/c1-3-29(19-34-25(30)20-13-7-4-8-14-20)24(36-27(32)22-17-11-6-12-18-22)23(28(33-2)37-29)35-26(31)21-15-9-5-10-16-21/h4-18,23-24,28H,3,19H2,1-2H3/t23-,24+,28-,29-/m1/s1. The number of carbonyl (C=O) groups is 3. The molecule has 0 radical (unpaired) electrons. The zero-order valence-electron chi connectivity index (χ0n) is 20.6. The summed E-state index contributed by atoms with van der Waals surface area (Å²) in [5.74, 6) is -1.84. The van der Waals surface area contributed by atoms with E-state index >= 15 is 0 Å². The Kier molecular flexibility index (Phi) is 8.32. The molecule has 0 spiro atoms. The Morgan fingerprint density at radius 1 is 0.730 bits per heavy atom. The molecule has 0 unspecified atom stereocenters. The van der Waals surface area contributed by atoms with Gasteiger partial charge in [-0.05, 0) is 42.8 Å². The molecule has 1 aliphatic heterocycles. The van der Waals surface area contributed by atoms with Crippen molar-refractivity contribution in [3.63, 3.8) is 0 Å². The van der Waals surface area contributed by atoms with Crippen LogP contribution in [-0.4, -0.2) is 55.7 Å². The van der Waals surface area contributed by atoms with Crippen molar-refractivity contribution < 1.29 is 38.1 Å². The summed E-state index contributed by atoms with van der Waals surface area (Å²) in [6, 6.07) is 25.3. The second-order valence-electron chi connectivity index (χ2n) is 8.51. The molecule has 37 heavy (non-hydrogen) atoms. The second-order valence-corrected chi connectivity index (χ2v) is 8.51. The van der Waals surface area contributed by atoms with Gasteiger partial charge in [0.05, 0.1) is 16.7 Å². The van der Waals surface area contributed by atoms with E-state index in [1.54, 1.807) is 97.9 Å². The van der Waals surface area contributed by atoms with Gasteiger partial charge in [0, 0.05) is 7.11 Å². The highest BCUT2D eigenvalue weighted by Gasteiger charge is 2.59. The van der Waals surface area contributed by atoms with Crippen molar-refractivity contribution in [2.75, 3.05) is 13.7 Å². The Hall–Kier alpha value is -4.01. The third-order valence-corrected chi connectivity index (χ3v) is 6.22. The topological polar surface area (TPSA) is 97.4 Å². The minimum absolute atomic E-state index is 0.261. The van der Waals surface area contributed by atoms with Crippen LogP contribution in [0, 0.1) is 0 Å². The van der Waals surface area contributed by atoms with Crippen molar-refractivity contribution in [3.05, 3.63) is 108 Å². The third kappa shape index (κ3) is 5.87. The van der Waals surface area contributed by atoms with E-state index in [9.17, 15) is 14.4 Å². The summed E-state index contributed by atoms with van der Waals surface area (Å²) in [6.07, 6.45) is -3.06. The highest BCUT2D eigenvalue weighted by atomic mass is 16.7. The highest BCUT2D eigenvalue weighted by Crippen LogP contribution is 2.39. The number of hydrogen-bond acceptors (Lipinski definition) is 8. The molecule has 4 atom stereocenters. The molecule has 0 N–H and O–H groups in total. The van der Waals surface area contributed by atoms with Crippen molar-refractivity contribution >= 4 is 17.9 Å². The van der Waals surface area contributed by atoms with Gasteiger partial charge in [-0.15, -0.1) is 0 Å². The number of ether oxygens (including phenoxy) is 5. The Balaban J connectivity index is 1.63. The quantitative estimate of drug-likeness (QED) is 0.312. The molecule has 1 aliphatic rings. The summed E-state index contributed by atoms with van der Waals surface area (Å²) >= 11 is 0. The fourth-order valence-corrected chi connectivity index (χ4v) is 4.15. The van der Waals surface area contributed by atoms with Crippen molar-refractivity contribution in [3.8, 4) is 0 Å². The Morgan fingerprint density at radius 2 is 1.19 bits per heavy atom. The minimum Gasteiger partial charge on any atom is -0.459 e. The summed E-state index contributed by atoms with van der Waals surface area (Å²) in [7, 11) is 1.39. The van der Waals surface area contributed by atoms with Gasteiger partial charge in [0.1, 0.15) is 12.2 Å². The maximum Gasteiger partial charge on any atom is 0.338 e. The maximum absolute atomic E-state index is 13.1. The Morgan fingerprint density at radius 3 is 1.65 bits per heavy atom. The normalized spacial score (nSPS) is 22.7. The average Bonchev–Trinajstić information content (AvgIpc) is 3.25. The summed E-state index contributed by atoms with van der Waals surface area (Å²) < 4.78 is 29.0. The SMILES string of the molecule is CC[C@]1(COC(=O)c2ccccc2)O[C@@H](OC)[C@H](OC(=O)c2ccccc2)[C@@H]1OC(=O)c1ccccc1. The molecule has 3 aromatic carbocycles. The minimum atomic E-state index is -1.34. The van der Waals surface area contributed by atoms with Gasteiger partial charge in [-0.1, -0.05) is 61.5 Å². The first-order valence-corrected chi connectivity index (χ1v) is 11.9. The Labute approximate surface area is 215 Å². The molecule has 192 valence electrons. The first-order chi connectivity index (χ1) is 18.0. The van der Waals surface area contributed by atoms with Gasteiger partial charge in [0.2, 0.25) is 0 Å². The van der Waals surface area contributed by atoms with Gasteiger partial charge in [-0.3, -0.25) is 0 Å². The van der Waals surface area contributed by atoms with Gasteiger partial charge in [0.15, 0.2) is 18.5 Å². The summed E-state index contributed by atoms with van der Waals surface area (Å²) in [4.78, 5) is 38.8. The van der Waals surface area contributed by atoms with Gasteiger partial charge < -0.3 is 23.7 Å². The lowest BCUT2D eigenvalue weighted by Crippen LogP contribution is -2.50. The van der Waals surface area contributed by atoms with E-state index in [1.165, 1.54) is 7.11 Å². The largest absolute Gasteiger partial charge is 0.459 e. The molecule has 0 aliphatic carbocycles. The second kappa shape index (κ2) is 11.8. The van der Waals surface area contributed by atoms with E-state index in [0.717, 1.165) is 0 Å². The number of esters is 3. The predicted octanol–water partition coefficient (Wildman–Crippen LogP) is 4.45. The average molecular weight is 505 g/mol. The van der Waals surface area contributed by atoms with E-state index in [2.05, 4.69) is 0 Å². The molecule has 8 heteroatoms. The van der Waals surface area contributed by atoms with Crippen LogP contribution >= 0.6 is 0 Å². The summed E-state index contributed by atoms with van der Waals surface area (Å²) in [6.45, 7) is 1.54. The number of rotatable bonds is 9. The molecular formula is C29H28O8. The van der Waals surface area contributed by atoms with Gasteiger partial charge in [-0.25, -0.2) is 14.4 Å². The zero-order chi connectivity index (χ0) is 26.3. The monoisotopic (exact) mass is 504 g/mol. The molecule has 0 aromatic heterocycles. The molecule has 8 nitrogen and oxygen atoms in total. The lowest BCUT2D eigenvalue weighted by atomic mass is 9.92. The predicted molar refractivity (Wildman–Crippen MR) is 133 cm³/mol. The highest BCUT2D eigenvalue weighted by molar-refractivity contribution is 5.91. The number of methoxy groups -OCH3 is 1. The molecule has 4 rings (SSSR count). The fraction of sp³-hybridized carbons (Fsp3) is 0.276. The Bertz CT molecular complexity index is 1200. The van der Waals surface area contributed by atoms with Crippen molar-refractivity contribution in [1.29, 1.82) is 0 Å². The van der Waals surface area contributed by atoms with Crippen LogP contribution in [0.5, 0.6) is 0 Å². The van der Waals surface area contributed by atoms with E-state index in [1.807, 2.05) is 0 Å². The van der Waals surface area contributed by atoms with Crippen LogP contribution < -0.4 is 0 Å². The zero-order valence-corrected chi connectivity index (χ0v) is 20.6. The molecule has 0 bridgehead atoms. The molecule has 0 saturated carbocycles. The molecule has 1 heterocycles. The van der Waals surface area contributed by atoms with Crippen molar-refractivity contribution in [2.24, 2.45) is 0 Å². The number of hydrogen-bond donors (Lipinski definition) is 0. The van der Waals surface area contributed by atoms with Gasteiger partial charge in [0.25, 0.3) is 0 Å². The summed E-state index contributed by atoms with van der Waals surface area (Å²) in [5, 5.41) is 0. The molecular weight excluding hydrogens is 476 g/mol. The third-order valence-electron chi connectivity index (χ3n) is 6.22. The van der Waals surface area contributed by atoms with Crippen LogP contribution in [0.3, 0.4) is 0 Å². The van der Waals surface area contributed by atoms with Crippen LogP contribution in [-0.2, 0) is 23.7 Å². The fourth-order valence-electron chi connectivity index (χ4n) is 4.15. The van der Waals surface area contributed by atoms with Crippen molar-refractivity contribution in [2.45, 2.75) is 37.4 Å². The first-order valence-electron chi connectivity index (χ1n) is 11.9.